The van der Waals surface area contributed by atoms with Gasteiger partial charge in [-0.25, -0.2) is 0 Å². The largest absolute Gasteiger partial charge is 0.367 e. The molecule has 0 amide bonds. The van der Waals surface area contributed by atoms with Crippen molar-refractivity contribution < 1.29 is 0 Å². The monoisotopic (exact) mass is 209 g/mol. The first-order chi connectivity index (χ1) is 7.06. The molecular weight excluding hydrogens is 186 g/mol. The Morgan fingerprint density at radius 2 is 2.20 bits per heavy atom. The molecule has 2 N–H and O–H groups in total. The van der Waals surface area contributed by atoms with Crippen LogP contribution in [0.5, 0.6) is 0 Å². The van der Waals surface area contributed by atoms with Gasteiger partial charge in [-0.1, -0.05) is 0 Å². The van der Waals surface area contributed by atoms with Gasteiger partial charge in [0.2, 0.25) is 0 Å². The van der Waals surface area contributed by atoms with Gasteiger partial charge >= 0.3 is 0 Å². The van der Waals surface area contributed by atoms with Gasteiger partial charge in [-0.2, -0.15) is 0 Å². The Bertz CT molecular complexity index is 264. The molecule has 1 aromatic rings. The van der Waals surface area contributed by atoms with E-state index in [9.17, 15) is 0 Å². The smallest absolute Gasteiger partial charge is 0.0274 e. The summed E-state index contributed by atoms with van der Waals surface area (Å²) in [7, 11) is 4.19. The molecule has 0 radical (unpaired) electrons. The van der Waals surface area contributed by atoms with Crippen LogP contribution < -0.4 is 5.32 Å². The quantitative estimate of drug-likeness (QED) is 0.743. The summed E-state index contributed by atoms with van der Waals surface area (Å²) in [4.78, 5) is 5.49. The molecule has 86 valence electrons. The lowest BCUT2D eigenvalue weighted by atomic mass is 10.0. The van der Waals surface area contributed by atoms with Gasteiger partial charge in [-0.05, 0) is 46.0 Å². The zero-order valence-corrected chi connectivity index (χ0v) is 10.3. The predicted octanol–water partition coefficient (Wildman–Crippen LogP) is 1.49. The van der Waals surface area contributed by atoms with Crippen molar-refractivity contribution in [3.63, 3.8) is 0 Å². The number of nitrogens with zero attached hydrogens (tertiary/aromatic N) is 1. The summed E-state index contributed by atoms with van der Waals surface area (Å²) in [5.74, 6) is 0. The van der Waals surface area contributed by atoms with Crippen LogP contribution in [0.25, 0.3) is 0 Å². The minimum absolute atomic E-state index is 0.213. The molecule has 1 aromatic heterocycles. The Morgan fingerprint density at radius 3 is 2.73 bits per heavy atom. The molecule has 0 unspecified atom stereocenters. The van der Waals surface area contributed by atoms with E-state index in [1.54, 1.807) is 0 Å². The Kier molecular flexibility index (Phi) is 4.36. The summed E-state index contributed by atoms with van der Waals surface area (Å²) in [6.45, 7) is 6.63. The van der Waals surface area contributed by atoms with Gasteiger partial charge in [0.25, 0.3) is 0 Å². The van der Waals surface area contributed by atoms with Crippen molar-refractivity contribution >= 4 is 0 Å². The van der Waals surface area contributed by atoms with E-state index in [0.717, 1.165) is 19.5 Å². The molecule has 0 aliphatic heterocycles. The maximum Gasteiger partial charge on any atom is 0.0274 e. The van der Waals surface area contributed by atoms with E-state index in [0.29, 0.717) is 0 Å². The number of hydrogen-bond acceptors (Lipinski definition) is 2. The third-order valence-electron chi connectivity index (χ3n) is 3.04. The molecule has 0 aliphatic rings. The minimum Gasteiger partial charge on any atom is -0.367 e. The highest BCUT2D eigenvalue weighted by Gasteiger charge is 2.21. The molecule has 0 saturated heterocycles. The first-order valence-corrected chi connectivity index (χ1v) is 5.54. The predicted molar refractivity (Wildman–Crippen MR) is 65.1 cm³/mol. The number of rotatable bonds is 6. The highest BCUT2D eigenvalue weighted by Crippen LogP contribution is 2.11. The molecule has 3 nitrogen and oxygen atoms in total. The van der Waals surface area contributed by atoms with Crippen LogP contribution in [0.2, 0.25) is 0 Å². The summed E-state index contributed by atoms with van der Waals surface area (Å²) in [5.41, 5.74) is 1.59. The first-order valence-electron chi connectivity index (χ1n) is 5.54. The van der Waals surface area contributed by atoms with Crippen molar-refractivity contribution in [3.05, 3.63) is 24.0 Å². The number of nitrogens with one attached hydrogen (secondary N) is 2. The van der Waals surface area contributed by atoms with Gasteiger partial charge in [0, 0.05) is 31.0 Å². The molecule has 0 bridgehead atoms. The molecule has 0 fully saturated rings. The summed E-state index contributed by atoms with van der Waals surface area (Å²) in [5, 5.41) is 3.23. The van der Waals surface area contributed by atoms with Gasteiger partial charge in [0.1, 0.15) is 0 Å². The van der Waals surface area contributed by atoms with E-state index in [-0.39, 0.29) is 5.54 Å². The zero-order valence-electron chi connectivity index (χ0n) is 10.3. The topological polar surface area (TPSA) is 31.1 Å². The van der Waals surface area contributed by atoms with Gasteiger partial charge in [-0.3, -0.25) is 4.90 Å². The Morgan fingerprint density at radius 1 is 1.47 bits per heavy atom. The van der Waals surface area contributed by atoms with Crippen molar-refractivity contribution in [2.75, 3.05) is 27.2 Å². The number of hydrogen-bond donors (Lipinski definition) is 2. The van der Waals surface area contributed by atoms with E-state index in [1.807, 2.05) is 13.2 Å². The highest BCUT2D eigenvalue weighted by molar-refractivity contribution is 5.08. The van der Waals surface area contributed by atoms with E-state index >= 15 is 0 Å². The van der Waals surface area contributed by atoms with Gasteiger partial charge in [0.15, 0.2) is 0 Å². The fraction of sp³-hybridized carbons (Fsp3) is 0.667. The average Bonchev–Trinajstić information content (AvgIpc) is 2.66. The summed E-state index contributed by atoms with van der Waals surface area (Å²) in [6, 6.07) is 2.14. The normalized spacial score (nSPS) is 12.3. The fourth-order valence-electron chi connectivity index (χ4n) is 1.68. The van der Waals surface area contributed by atoms with Crippen LogP contribution >= 0.6 is 0 Å². The van der Waals surface area contributed by atoms with Crippen molar-refractivity contribution in [1.82, 2.24) is 15.2 Å². The van der Waals surface area contributed by atoms with E-state index in [1.165, 1.54) is 5.56 Å². The number of likely N-dealkylation sites (N-methyl/N-ethyl adjacent to an activating group) is 2. The second-order valence-corrected chi connectivity index (χ2v) is 4.73. The Hall–Kier alpha value is -0.800. The maximum atomic E-state index is 3.23. The van der Waals surface area contributed by atoms with Crippen LogP contribution in [0.15, 0.2) is 18.5 Å². The molecule has 0 saturated carbocycles. The molecular formula is C12H23N3. The molecule has 1 rings (SSSR count). The van der Waals surface area contributed by atoms with Crippen LogP contribution in [-0.2, 0) is 6.42 Å². The number of aromatic amines is 1. The van der Waals surface area contributed by atoms with E-state index in [2.05, 4.69) is 48.4 Å². The minimum atomic E-state index is 0.213. The van der Waals surface area contributed by atoms with E-state index in [4.69, 9.17) is 0 Å². The first kappa shape index (κ1) is 12.3. The molecule has 0 aromatic carbocycles. The molecule has 3 heteroatoms. The summed E-state index contributed by atoms with van der Waals surface area (Å²) < 4.78 is 0. The van der Waals surface area contributed by atoms with Crippen molar-refractivity contribution in [2.45, 2.75) is 25.8 Å². The third-order valence-corrected chi connectivity index (χ3v) is 3.04. The van der Waals surface area contributed by atoms with Gasteiger partial charge in [0.05, 0.1) is 0 Å². The van der Waals surface area contributed by atoms with Crippen LogP contribution in [0, 0.1) is 0 Å². The van der Waals surface area contributed by atoms with Crippen molar-refractivity contribution in [2.24, 2.45) is 0 Å². The molecule has 15 heavy (non-hydrogen) atoms. The van der Waals surface area contributed by atoms with Crippen LogP contribution in [-0.4, -0.2) is 42.6 Å². The third kappa shape index (κ3) is 3.68. The molecule has 0 atom stereocenters. The average molecular weight is 209 g/mol. The highest BCUT2D eigenvalue weighted by atomic mass is 15.2. The van der Waals surface area contributed by atoms with Crippen LogP contribution in [0.3, 0.4) is 0 Å². The van der Waals surface area contributed by atoms with Crippen molar-refractivity contribution in [1.29, 1.82) is 0 Å². The van der Waals surface area contributed by atoms with E-state index < -0.39 is 0 Å². The maximum absolute atomic E-state index is 3.23. The zero-order chi connectivity index (χ0) is 11.3. The summed E-state index contributed by atoms with van der Waals surface area (Å²) in [6.07, 6.45) is 5.15. The number of H-pyrrole nitrogens is 1. The second-order valence-electron chi connectivity index (χ2n) is 4.73. The second kappa shape index (κ2) is 5.33. The van der Waals surface area contributed by atoms with Crippen molar-refractivity contribution in [3.8, 4) is 0 Å². The fourth-order valence-corrected chi connectivity index (χ4v) is 1.68. The molecule has 0 spiro atoms. The standard InChI is InChI=1S/C12H23N3/c1-12(2,10-13-3)15(4)8-6-11-5-7-14-9-11/h5,7,9,13-14H,6,8,10H2,1-4H3. The summed E-state index contributed by atoms with van der Waals surface area (Å²) >= 11 is 0. The Balaban J connectivity index is 2.38. The SMILES string of the molecule is CNCC(C)(C)N(C)CCc1cc[nH]c1. The molecule has 0 aliphatic carbocycles. The lowest BCUT2D eigenvalue weighted by Crippen LogP contribution is -2.48. The number of aromatic nitrogens is 1. The van der Waals surface area contributed by atoms with Crippen LogP contribution in [0.1, 0.15) is 19.4 Å². The van der Waals surface area contributed by atoms with Gasteiger partial charge < -0.3 is 10.3 Å². The lowest BCUT2D eigenvalue weighted by molar-refractivity contribution is 0.157. The Labute approximate surface area is 92.9 Å². The molecule has 1 heterocycles. The van der Waals surface area contributed by atoms with Crippen LogP contribution in [0.4, 0.5) is 0 Å². The van der Waals surface area contributed by atoms with Gasteiger partial charge in [-0.15, -0.1) is 0 Å². The lowest BCUT2D eigenvalue weighted by Gasteiger charge is -2.35.